The Bertz CT molecular complexity index is 1080. The van der Waals surface area contributed by atoms with Crippen LogP contribution in [-0.2, 0) is 0 Å². The molecule has 9 nitrogen and oxygen atoms in total. The Morgan fingerprint density at radius 3 is 2.93 bits per heavy atom. The highest BCUT2D eigenvalue weighted by Crippen LogP contribution is 2.32. The molecule has 1 aliphatic rings. The summed E-state index contributed by atoms with van der Waals surface area (Å²) < 4.78 is 26.4. The standard InChI is InChI=1S/C20H23N7O2/c1-3-14-11-27(7-6-21-14)20-22-10-17(25-26-20)15-5-4-13(8-18(15)28)16-9-19(29-2)24-12-23-16/h4-5,8-10,12,14,21,28H,3,6-7,11H2,1-2H3/t14-/m0/s1/i2D3. The van der Waals surface area contributed by atoms with E-state index in [0.29, 0.717) is 34.5 Å². The van der Waals surface area contributed by atoms with E-state index >= 15 is 0 Å². The minimum Gasteiger partial charge on any atom is -0.507 e. The molecule has 0 bridgehead atoms. The molecule has 0 radical (unpaired) electrons. The van der Waals surface area contributed by atoms with Crippen molar-refractivity contribution in [3.63, 3.8) is 0 Å². The molecule has 0 spiro atoms. The lowest BCUT2D eigenvalue weighted by atomic mass is 10.1. The van der Waals surface area contributed by atoms with E-state index in [2.05, 4.69) is 42.3 Å². The number of hydrogen-bond donors (Lipinski definition) is 2. The third-order valence-corrected chi connectivity index (χ3v) is 4.90. The van der Waals surface area contributed by atoms with Crippen LogP contribution >= 0.6 is 0 Å². The maximum absolute atomic E-state index is 10.6. The van der Waals surface area contributed by atoms with Crippen molar-refractivity contribution in [3.05, 3.63) is 36.8 Å². The average molecular weight is 396 g/mol. The van der Waals surface area contributed by atoms with Crippen LogP contribution in [0.2, 0.25) is 0 Å². The highest BCUT2D eigenvalue weighted by Gasteiger charge is 2.20. The number of nitrogens with zero attached hydrogens (tertiary/aromatic N) is 6. The minimum atomic E-state index is -2.61. The SMILES string of the molecule is [2H]C([2H])([2H])Oc1cc(-c2ccc(-c3cnc(N4CCN[C@@H](CC)C4)nn3)c(O)c2)ncn1. The molecule has 1 fully saturated rings. The Balaban J connectivity index is 1.53. The number of methoxy groups -OCH3 is 1. The van der Waals surface area contributed by atoms with Gasteiger partial charge in [0.25, 0.3) is 0 Å². The largest absolute Gasteiger partial charge is 0.507 e. The number of aromatic hydroxyl groups is 1. The Morgan fingerprint density at radius 1 is 1.24 bits per heavy atom. The van der Waals surface area contributed by atoms with Crippen LogP contribution in [0.3, 0.4) is 0 Å². The zero-order valence-electron chi connectivity index (χ0n) is 18.9. The van der Waals surface area contributed by atoms with E-state index < -0.39 is 7.04 Å². The number of aromatic nitrogens is 5. The Labute approximate surface area is 173 Å². The van der Waals surface area contributed by atoms with Crippen molar-refractivity contribution in [3.8, 4) is 34.1 Å². The second kappa shape index (κ2) is 8.36. The van der Waals surface area contributed by atoms with Crippen molar-refractivity contribution in [2.45, 2.75) is 19.4 Å². The molecule has 1 aliphatic heterocycles. The highest BCUT2D eigenvalue weighted by atomic mass is 16.5. The van der Waals surface area contributed by atoms with Crippen molar-refractivity contribution < 1.29 is 14.0 Å². The lowest BCUT2D eigenvalue weighted by Crippen LogP contribution is -2.51. The first kappa shape index (κ1) is 15.6. The molecule has 1 aromatic carbocycles. The second-order valence-corrected chi connectivity index (χ2v) is 6.72. The second-order valence-electron chi connectivity index (χ2n) is 6.72. The molecular formula is C20H23N7O2. The van der Waals surface area contributed by atoms with Gasteiger partial charge in [0.15, 0.2) is 0 Å². The van der Waals surface area contributed by atoms with Gasteiger partial charge < -0.3 is 20.1 Å². The van der Waals surface area contributed by atoms with Crippen LogP contribution in [0.1, 0.15) is 17.5 Å². The molecule has 2 N–H and O–H groups in total. The number of phenols is 1. The first-order chi connectivity index (χ1) is 15.3. The first-order valence-electron chi connectivity index (χ1n) is 10.9. The summed E-state index contributed by atoms with van der Waals surface area (Å²) in [7, 11) is -2.61. The molecule has 1 atom stereocenters. The van der Waals surface area contributed by atoms with Gasteiger partial charge in [0.05, 0.1) is 23.0 Å². The molecule has 0 saturated carbocycles. The van der Waals surface area contributed by atoms with Crippen molar-refractivity contribution in [2.24, 2.45) is 0 Å². The van der Waals surface area contributed by atoms with Crippen LogP contribution in [0.25, 0.3) is 22.5 Å². The summed E-state index contributed by atoms with van der Waals surface area (Å²) in [6.07, 6.45) is 3.82. The lowest BCUT2D eigenvalue weighted by molar-refractivity contribution is 0.397. The fourth-order valence-electron chi connectivity index (χ4n) is 3.28. The first-order valence-corrected chi connectivity index (χ1v) is 9.35. The molecule has 3 heterocycles. The molecule has 3 aromatic rings. The van der Waals surface area contributed by atoms with E-state index in [9.17, 15) is 5.11 Å². The number of anilines is 1. The predicted molar refractivity (Wildman–Crippen MR) is 109 cm³/mol. The quantitative estimate of drug-likeness (QED) is 0.668. The van der Waals surface area contributed by atoms with E-state index in [1.54, 1.807) is 18.3 Å². The molecular weight excluding hydrogens is 370 g/mol. The number of benzene rings is 1. The predicted octanol–water partition coefficient (Wildman–Crippen LogP) is 1.90. The number of hydrogen-bond acceptors (Lipinski definition) is 9. The summed E-state index contributed by atoms with van der Waals surface area (Å²) in [5.74, 6) is 0.450. The van der Waals surface area contributed by atoms with Crippen molar-refractivity contribution in [2.75, 3.05) is 31.6 Å². The lowest BCUT2D eigenvalue weighted by Gasteiger charge is -2.32. The van der Waals surface area contributed by atoms with Gasteiger partial charge in [-0.05, 0) is 18.6 Å². The summed E-state index contributed by atoms with van der Waals surface area (Å²) >= 11 is 0. The van der Waals surface area contributed by atoms with Crippen LogP contribution in [0, 0.1) is 0 Å². The van der Waals surface area contributed by atoms with E-state index in [1.165, 1.54) is 18.5 Å². The molecule has 29 heavy (non-hydrogen) atoms. The van der Waals surface area contributed by atoms with Gasteiger partial charge in [-0.3, -0.25) is 0 Å². The highest BCUT2D eigenvalue weighted by molar-refractivity contribution is 5.72. The number of phenolic OH excluding ortho intramolecular Hbond substituents is 1. The third-order valence-electron chi connectivity index (χ3n) is 4.90. The van der Waals surface area contributed by atoms with Gasteiger partial charge in [-0.25, -0.2) is 15.0 Å². The molecule has 0 amide bonds. The van der Waals surface area contributed by atoms with E-state index in [0.717, 1.165) is 26.1 Å². The average Bonchev–Trinajstić information content (AvgIpc) is 2.78. The van der Waals surface area contributed by atoms with Crippen LogP contribution in [-0.4, -0.2) is 63.0 Å². The maximum atomic E-state index is 10.6. The maximum Gasteiger partial charge on any atom is 0.245 e. The molecule has 9 heteroatoms. The molecule has 2 aromatic heterocycles. The molecule has 0 unspecified atom stereocenters. The van der Waals surface area contributed by atoms with Gasteiger partial charge in [0, 0.05) is 42.9 Å². The number of rotatable bonds is 5. The van der Waals surface area contributed by atoms with Crippen molar-refractivity contribution in [1.82, 2.24) is 30.5 Å². The Kier molecular flexibility index (Phi) is 4.49. The fourth-order valence-corrected chi connectivity index (χ4v) is 3.28. The molecule has 4 rings (SSSR count). The van der Waals surface area contributed by atoms with E-state index in [-0.39, 0.29) is 11.6 Å². The van der Waals surface area contributed by atoms with Gasteiger partial charge in [-0.15, -0.1) is 10.2 Å². The Hall–Kier alpha value is -3.33. The summed E-state index contributed by atoms with van der Waals surface area (Å²) in [4.78, 5) is 14.5. The van der Waals surface area contributed by atoms with Crippen molar-refractivity contribution >= 4 is 5.95 Å². The van der Waals surface area contributed by atoms with Gasteiger partial charge in [-0.1, -0.05) is 13.0 Å². The zero-order valence-corrected chi connectivity index (χ0v) is 15.9. The summed E-state index contributed by atoms with van der Waals surface area (Å²) in [6, 6.07) is 6.72. The van der Waals surface area contributed by atoms with Gasteiger partial charge >= 0.3 is 0 Å². The number of nitrogens with one attached hydrogen (secondary N) is 1. The van der Waals surface area contributed by atoms with Crippen LogP contribution in [0.5, 0.6) is 11.6 Å². The molecule has 0 aliphatic carbocycles. The molecule has 1 saturated heterocycles. The van der Waals surface area contributed by atoms with Gasteiger partial charge in [0.1, 0.15) is 17.8 Å². The van der Waals surface area contributed by atoms with Gasteiger partial charge in [0.2, 0.25) is 11.8 Å². The Morgan fingerprint density at radius 2 is 2.17 bits per heavy atom. The van der Waals surface area contributed by atoms with Crippen LogP contribution in [0.15, 0.2) is 36.8 Å². The molecule has 150 valence electrons. The minimum absolute atomic E-state index is 0.0310. The normalized spacial score (nSPS) is 18.6. The number of piperazine rings is 1. The van der Waals surface area contributed by atoms with E-state index in [1.807, 2.05) is 0 Å². The van der Waals surface area contributed by atoms with Gasteiger partial charge in [-0.2, -0.15) is 0 Å². The summed E-state index contributed by atoms with van der Waals surface area (Å²) in [6.45, 7) is 4.64. The third kappa shape index (κ3) is 4.09. The smallest absolute Gasteiger partial charge is 0.245 e. The number of ether oxygens (including phenoxy) is 1. The topological polar surface area (TPSA) is 109 Å². The van der Waals surface area contributed by atoms with Crippen LogP contribution < -0.4 is 15.0 Å². The fraction of sp³-hybridized carbons (Fsp3) is 0.350. The zero-order chi connectivity index (χ0) is 22.7. The van der Waals surface area contributed by atoms with E-state index in [4.69, 9.17) is 8.85 Å². The van der Waals surface area contributed by atoms with Crippen molar-refractivity contribution in [1.29, 1.82) is 0 Å². The van der Waals surface area contributed by atoms with Crippen LogP contribution in [0.4, 0.5) is 5.95 Å². The monoisotopic (exact) mass is 396 g/mol. The summed E-state index contributed by atoms with van der Waals surface area (Å²) in [5.41, 5.74) is 1.88. The summed E-state index contributed by atoms with van der Waals surface area (Å²) in [5, 5.41) is 22.5.